The Hall–Kier alpha value is -3.88. The zero-order chi connectivity index (χ0) is 26.2. The van der Waals surface area contributed by atoms with Crippen LogP contribution in [0.4, 0.5) is 0 Å². The summed E-state index contributed by atoms with van der Waals surface area (Å²) in [6, 6.07) is 19.7. The number of esters is 1. The van der Waals surface area contributed by atoms with Crippen molar-refractivity contribution in [3.8, 4) is 11.5 Å². The summed E-state index contributed by atoms with van der Waals surface area (Å²) >= 11 is 0. The van der Waals surface area contributed by atoms with Crippen molar-refractivity contribution >= 4 is 11.9 Å². The summed E-state index contributed by atoms with van der Waals surface area (Å²) in [4.78, 5) is 22.5. The van der Waals surface area contributed by atoms with E-state index in [0.29, 0.717) is 5.56 Å². The number of ether oxygens (including phenoxy) is 2. The third-order valence-corrected chi connectivity index (χ3v) is 5.32. The zero-order valence-corrected chi connectivity index (χ0v) is 20.1. The van der Waals surface area contributed by atoms with Gasteiger partial charge in [0.15, 0.2) is 5.60 Å². The Balaban J connectivity index is 0.000000333. The van der Waals surface area contributed by atoms with Gasteiger partial charge in [-0.3, -0.25) is 4.79 Å². The van der Waals surface area contributed by atoms with Crippen molar-refractivity contribution in [2.24, 2.45) is 11.7 Å². The number of cyclic esters (lactones) is 1. The van der Waals surface area contributed by atoms with Crippen molar-refractivity contribution in [2.45, 2.75) is 25.5 Å². The van der Waals surface area contributed by atoms with E-state index in [1.54, 1.807) is 88.7 Å². The molecule has 186 valence electrons. The molecule has 0 spiro atoms. The molecule has 1 aliphatic heterocycles. The number of rotatable bonds is 4. The topological polar surface area (TPSA) is 139 Å². The maximum atomic E-state index is 12.4. The van der Waals surface area contributed by atoms with Crippen molar-refractivity contribution in [3.05, 3.63) is 95.1 Å². The van der Waals surface area contributed by atoms with Gasteiger partial charge in [0.25, 0.3) is 0 Å². The first kappa shape index (κ1) is 27.4. The molecule has 35 heavy (non-hydrogen) atoms. The predicted octanol–water partition coefficient (Wildman–Crippen LogP) is 3.88. The van der Waals surface area contributed by atoms with E-state index in [4.69, 9.17) is 15.6 Å². The minimum absolute atomic E-state index is 0.0208. The van der Waals surface area contributed by atoms with Crippen LogP contribution in [0.5, 0.6) is 11.5 Å². The Morgan fingerprint density at radius 3 is 1.69 bits per heavy atom. The van der Waals surface area contributed by atoms with E-state index in [0.717, 1.165) is 16.7 Å². The lowest BCUT2D eigenvalue weighted by molar-refractivity contribution is -0.139. The Morgan fingerprint density at radius 2 is 1.31 bits per heavy atom. The maximum absolute atomic E-state index is 12.4. The van der Waals surface area contributed by atoms with Gasteiger partial charge in [0.1, 0.15) is 17.5 Å². The highest BCUT2D eigenvalue weighted by atomic mass is 16.6. The summed E-state index contributed by atoms with van der Waals surface area (Å²) in [6.45, 7) is 3.55. The van der Waals surface area contributed by atoms with Crippen LogP contribution in [0, 0.1) is 5.92 Å². The molecule has 0 unspecified atom stereocenters. The fraction of sp³-hybridized carbons (Fsp3) is 0.259. The van der Waals surface area contributed by atoms with Crippen LogP contribution in [0.15, 0.2) is 72.8 Å². The standard InChI is InChI=1S/C20H14O4.C5H11NO2.C2H6O/c21-15-9-5-13(6-10-15)20(14-7-11-16(22)12-8-14)18-4-2-1-3-17(18)19(23)24-20;1-3(2)4(6)5(7)8;1-3-2/h1-12,21-22H;3-4H,6H2,1-2H3,(H,7,8);1-2H3/t;4-;/m.0./s1. The average Bonchev–Trinajstić information content (AvgIpc) is 3.14. The lowest BCUT2D eigenvalue weighted by Crippen LogP contribution is -2.34. The van der Waals surface area contributed by atoms with E-state index < -0.39 is 23.6 Å². The van der Waals surface area contributed by atoms with Crippen molar-refractivity contribution in [3.63, 3.8) is 0 Å². The van der Waals surface area contributed by atoms with Crippen LogP contribution in [0.25, 0.3) is 0 Å². The number of fused-ring (bicyclic) bond motifs is 1. The number of hydrogen-bond acceptors (Lipinski definition) is 7. The van der Waals surface area contributed by atoms with Gasteiger partial charge in [0.05, 0.1) is 5.56 Å². The second-order valence-corrected chi connectivity index (χ2v) is 8.23. The smallest absolute Gasteiger partial charge is 0.340 e. The number of benzene rings is 3. The Morgan fingerprint density at radius 1 is 0.886 bits per heavy atom. The minimum Gasteiger partial charge on any atom is -0.508 e. The van der Waals surface area contributed by atoms with Crippen LogP contribution in [0.2, 0.25) is 0 Å². The molecule has 8 nitrogen and oxygen atoms in total. The molecular weight excluding hydrogens is 450 g/mol. The number of carboxylic acids is 1. The molecule has 5 N–H and O–H groups in total. The number of carbonyl (C=O) groups is 2. The SMILES string of the molecule is CC(C)[C@H](N)C(=O)O.COC.O=C1OC(c2ccc(O)cc2)(c2ccc(O)cc2)c2ccccc21. The van der Waals surface area contributed by atoms with E-state index in [-0.39, 0.29) is 17.4 Å². The van der Waals surface area contributed by atoms with Crippen LogP contribution in [0.3, 0.4) is 0 Å². The maximum Gasteiger partial charge on any atom is 0.340 e. The highest BCUT2D eigenvalue weighted by Crippen LogP contribution is 2.47. The molecule has 4 rings (SSSR count). The van der Waals surface area contributed by atoms with E-state index in [9.17, 15) is 19.8 Å². The van der Waals surface area contributed by atoms with E-state index >= 15 is 0 Å². The lowest BCUT2D eigenvalue weighted by Gasteiger charge is -2.30. The van der Waals surface area contributed by atoms with E-state index in [2.05, 4.69) is 4.74 Å². The quantitative estimate of drug-likeness (QED) is 0.412. The van der Waals surface area contributed by atoms with Crippen LogP contribution >= 0.6 is 0 Å². The molecule has 1 heterocycles. The number of carboxylic acid groups (broad SMARTS) is 1. The van der Waals surface area contributed by atoms with Gasteiger partial charge in [-0.2, -0.15) is 0 Å². The number of carbonyl (C=O) groups excluding carboxylic acids is 1. The number of phenolic OH excluding ortho intramolecular Hbond substituents is 2. The molecule has 3 aromatic rings. The number of phenols is 2. The predicted molar refractivity (Wildman–Crippen MR) is 131 cm³/mol. The highest BCUT2D eigenvalue weighted by molar-refractivity contribution is 5.96. The molecular formula is C27H31NO7. The molecule has 1 aliphatic rings. The first-order chi connectivity index (χ1) is 16.6. The number of hydrogen-bond donors (Lipinski definition) is 4. The first-order valence-electron chi connectivity index (χ1n) is 10.9. The largest absolute Gasteiger partial charge is 0.508 e. The summed E-state index contributed by atoms with van der Waals surface area (Å²) in [7, 11) is 3.25. The van der Waals surface area contributed by atoms with Crippen LogP contribution < -0.4 is 5.73 Å². The van der Waals surface area contributed by atoms with Crippen molar-refractivity contribution in [1.29, 1.82) is 0 Å². The highest BCUT2D eigenvalue weighted by Gasteiger charge is 2.48. The third-order valence-electron chi connectivity index (χ3n) is 5.32. The van der Waals surface area contributed by atoms with Gasteiger partial charge in [-0.15, -0.1) is 0 Å². The van der Waals surface area contributed by atoms with Crippen LogP contribution in [0.1, 0.15) is 40.9 Å². The second kappa shape index (κ2) is 12.0. The van der Waals surface area contributed by atoms with Gasteiger partial charge < -0.3 is 30.5 Å². The van der Waals surface area contributed by atoms with Gasteiger partial charge >= 0.3 is 11.9 Å². The summed E-state index contributed by atoms with van der Waals surface area (Å²) < 4.78 is 10.1. The fourth-order valence-corrected chi connectivity index (χ4v) is 3.49. The molecule has 0 saturated heterocycles. The van der Waals surface area contributed by atoms with Crippen LogP contribution in [-0.2, 0) is 19.9 Å². The van der Waals surface area contributed by atoms with Gasteiger partial charge in [-0.1, -0.05) is 56.3 Å². The molecule has 0 aliphatic carbocycles. The normalized spacial score (nSPS) is 13.9. The van der Waals surface area contributed by atoms with Crippen molar-refractivity contribution in [1.82, 2.24) is 0 Å². The fourth-order valence-electron chi connectivity index (χ4n) is 3.49. The molecule has 0 fully saturated rings. The van der Waals surface area contributed by atoms with E-state index in [1.807, 2.05) is 12.1 Å². The molecule has 0 saturated carbocycles. The molecule has 0 radical (unpaired) electrons. The van der Waals surface area contributed by atoms with Crippen molar-refractivity contribution in [2.75, 3.05) is 14.2 Å². The molecule has 0 aromatic heterocycles. The Labute approximate surface area is 204 Å². The summed E-state index contributed by atoms with van der Waals surface area (Å²) in [6.07, 6.45) is 0. The van der Waals surface area contributed by atoms with Gasteiger partial charge in [-0.05, 0) is 36.2 Å². The third kappa shape index (κ3) is 6.17. The average molecular weight is 482 g/mol. The Bertz CT molecular complexity index is 1080. The molecule has 0 amide bonds. The summed E-state index contributed by atoms with van der Waals surface area (Å²) in [5.74, 6) is -1.03. The lowest BCUT2D eigenvalue weighted by atomic mass is 9.80. The number of methoxy groups -OCH3 is 1. The van der Waals surface area contributed by atoms with Crippen LogP contribution in [-0.4, -0.2) is 47.5 Å². The first-order valence-corrected chi connectivity index (χ1v) is 10.9. The number of aromatic hydroxyl groups is 2. The molecule has 3 aromatic carbocycles. The van der Waals surface area contributed by atoms with Gasteiger partial charge in [0.2, 0.25) is 0 Å². The summed E-state index contributed by atoms with van der Waals surface area (Å²) in [5.41, 5.74) is 6.76. The molecule has 1 atom stereocenters. The Kier molecular flexibility index (Phi) is 9.39. The monoisotopic (exact) mass is 481 g/mol. The second-order valence-electron chi connectivity index (χ2n) is 8.23. The van der Waals surface area contributed by atoms with Gasteiger partial charge in [-0.25, -0.2) is 4.79 Å². The molecule has 0 bridgehead atoms. The van der Waals surface area contributed by atoms with E-state index in [1.165, 1.54) is 0 Å². The number of nitrogens with two attached hydrogens (primary N) is 1. The van der Waals surface area contributed by atoms with Gasteiger partial charge in [0, 0.05) is 30.9 Å². The number of aliphatic carboxylic acids is 1. The minimum atomic E-state index is -1.10. The van der Waals surface area contributed by atoms with Crippen molar-refractivity contribution < 1.29 is 34.4 Å². The molecule has 8 heteroatoms. The zero-order valence-electron chi connectivity index (χ0n) is 20.1. The summed E-state index contributed by atoms with van der Waals surface area (Å²) in [5, 5.41) is 27.4.